The van der Waals surface area contributed by atoms with Crippen molar-refractivity contribution >= 4 is 51.6 Å². The summed E-state index contributed by atoms with van der Waals surface area (Å²) in [6.45, 7) is 2.38. The Hall–Kier alpha value is -4.66. The molecule has 4 aliphatic heterocycles. The van der Waals surface area contributed by atoms with E-state index in [0.717, 1.165) is 27.7 Å². The van der Waals surface area contributed by atoms with Gasteiger partial charge in [0.2, 0.25) is 11.8 Å². The van der Waals surface area contributed by atoms with Crippen LogP contribution in [0.4, 0.5) is 11.4 Å². The van der Waals surface area contributed by atoms with Gasteiger partial charge in [-0.3, -0.25) is 14.4 Å². The molecule has 4 aromatic carbocycles. The number of amides is 3. The molecule has 6 atom stereocenters. The highest BCUT2D eigenvalue weighted by atomic mass is 32.2. The molecule has 47 heavy (non-hydrogen) atoms. The van der Waals surface area contributed by atoms with Crippen molar-refractivity contribution in [3.63, 3.8) is 0 Å². The van der Waals surface area contributed by atoms with E-state index in [-0.39, 0.29) is 24.3 Å². The molecule has 236 valence electrons. The topological polar surface area (TPSA) is 81.2 Å². The van der Waals surface area contributed by atoms with Crippen LogP contribution in [0, 0.1) is 11.8 Å². The van der Waals surface area contributed by atoms with E-state index in [4.69, 9.17) is 0 Å². The molecule has 0 bridgehead atoms. The van der Waals surface area contributed by atoms with E-state index in [2.05, 4.69) is 6.08 Å². The van der Waals surface area contributed by atoms with Gasteiger partial charge < -0.3 is 19.8 Å². The van der Waals surface area contributed by atoms with Gasteiger partial charge >= 0.3 is 0 Å². The van der Waals surface area contributed by atoms with Crippen LogP contribution in [0.3, 0.4) is 0 Å². The third kappa shape index (κ3) is 4.49. The molecule has 8 heteroatoms. The number of carbonyl (C=O) groups is 3. The fourth-order valence-corrected chi connectivity index (χ4v) is 10.4. The summed E-state index contributed by atoms with van der Waals surface area (Å²) >= 11 is 1.55. The lowest BCUT2D eigenvalue weighted by Crippen LogP contribution is -2.54. The van der Waals surface area contributed by atoms with E-state index in [0.29, 0.717) is 13.1 Å². The van der Waals surface area contributed by atoms with E-state index in [1.54, 1.807) is 26.5 Å². The molecule has 0 saturated carbocycles. The molecule has 0 aliphatic carbocycles. The predicted octanol–water partition coefficient (Wildman–Crippen LogP) is 5.77. The second-order valence-corrected chi connectivity index (χ2v) is 14.7. The van der Waals surface area contributed by atoms with Gasteiger partial charge in [0.25, 0.3) is 5.91 Å². The maximum atomic E-state index is 15.1. The van der Waals surface area contributed by atoms with Crippen LogP contribution in [0.1, 0.15) is 18.5 Å². The number of para-hydroxylation sites is 1. The lowest BCUT2D eigenvalue weighted by atomic mass is 9.74. The summed E-state index contributed by atoms with van der Waals surface area (Å²) < 4.78 is -1.78. The van der Waals surface area contributed by atoms with Crippen LogP contribution in [0.2, 0.25) is 0 Å². The van der Waals surface area contributed by atoms with Gasteiger partial charge in [-0.2, -0.15) is 0 Å². The number of hydrogen-bond donors (Lipinski definition) is 1. The summed E-state index contributed by atoms with van der Waals surface area (Å²) in [5, 5.41) is 13.0. The van der Waals surface area contributed by atoms with Crippen LogP contribution in [-0.4, -0.2) is 63.0 Å². The molecular weight excluding hydrogens is 607 g/mol. The molecule has 4 aliphatic rings. The molecule has 8 rings (SSSR count). The molecule has 1 spiro atoms. The third-order valence-electron chi connectivity index (χ3n) is 10.3. The van der Waals surface area contributed by atoms with Crippen LogP contribution in [0.25, 0.3) is 10.8 Å². The molecule has 4 aromatic rings. The fraction of sp³-hybridized carbons (Fsp3) is 0.256. The van der Waals surface area contributed by atoms with E-state index in [1.807, 2.05) is 128 Å². The molecule has 7 nitrogen and oxygen atoms in total. The van der Waals surface area contributed by atoms with Gasteiger partial charge in [0, 0.05) is 29.2 Å². The Morgan fingerprint density at radius 2 is 1.36 bits per heavy atom. The van der Waals surface area contributed by atoms with Gasteiger partial charge in [0.15, 0.2) is 0 Å². The largest absolute Gasteiger partial charge is 0.394 e. The first-order chi connectivity index (χ1) is 22.9. The maximum Gasteiger partial charge on any atom is 0.251 e. The number of hydrogen-bond acceptors (Lipinski definition) is 5. The highest BCUT2D eigenvalue weighted by Gasteiger charge is 2.74. The van der Waals surface area contributed by atoms with E-state index < -0.39 is 33.4 Å². The monoisotopic (exact) mass is 641 g/mol. The van der Waals surface area contributed by atoms with Crippen molar-refractivity contribution in [1.82, 2.24) is 4.90 Å². The molecular formula is C39H35N3O4S. The molecule has 0 radical (unpaired) electrons. The quantitative estimate of drug-likeness (QED) is 0.280. The minimum atomic E-state index is -1.04. The molecule has 3 amide bonds. The summed E-state index contributed by atoms with van der Waals surface area (Å²) in [6, 6.07) is 31.2. The maximum absolute atomic E-state index is 15.1. The van der Waals surface area contributed by atoms with Crippen molar-refractivity contribution < 1.29 is 19.5 Å². The van der Waals surface area contributed by atoms with Gasteiger partial charge in [0.1, 0.15) is 6.04 Å². The number of nitrogens with zero attached hydrogens (tertiary/aromatic N) is 3. The van der Waals surface area contributed by atoms with Crippen LogP contribution in [-0.2, 0) is 14.4 Å². The normalized spacial score (nSPS) is 29.0. The van der Waals surface area contributed by atoms with Crippen LogP contribution in [0.15, 0.2) is 127 Å². The first-order valence-corrected chi connectivity index (χ1v) is 16.9. The first kappa shape index (κ1) is 29.7. The second kappa shape index (κ2) is 11.2. The number of aliphatic hydroxyl groups excluding tert-OH is 1. The van der Waals surface area contributed by atoms with Crippen molar-refractivity contribution in [3.8, 4) is 0 Å². The lowest BCUT2D eigenvalue weighted by Gasteiger charge is -2.40. The highest BCUT2D eigenvalue weighted by Crippen LogP contribution is 2.66. The number of rotatable bonds is 5. The number of anilines is 2. The standard InChI is InChI=1S/C39H35N3O4S/c1-38-20-10-22-40(29-16-6-3-7-17-29)35(44)32(38)33-36(45)42(31(25-43)27-13-4-2-5-14-27)34-37(46)41(23-11-21-39(33,34)47-38)30-19-18-26-12-8-9-15-28(26)24-30/h2-21,24,31-34,43H,22-23,25H2,1H3/t31-,32-,33+,34?,38+,39+/m1/s1. The average Bonchev–Trinajstić information content (AvgIpc) is 3.36. The summed E-state index contributed by atoms with van der Waals surface area (Å²) in [5.41, 5.74) is 2.24. The SMILES string of the molecule is C[C@]12C=CCN(c3ccccc3)C(=O)[C@H]1[C@H]1C(=O)N([C@H](CO)c3ccccc3)C3C(=O)N(c4ccc5ccccc5c4)CC=C[C@@]31S2. The zero-order valence-corrected chi connectivity index (χ0v) is 26.8. The average molecular weight is 642 g/mol. The van der Waals surface area contributed by atoms with Crippen molar-refractivity contribution in [2.24, 2.45) is 11.8 Å². The van der Waals surface area contributed by atoms with E-state index >= 15 is 9.59 Å². The van der Waals surface area contributed by atoms with Crippen LogP contribution >= 0.6 is 11.8 Å². The third-order valence-corrected chi connectivity index (χ3v) is 12.1. The zero-order valence-electron chi connectivity index (χ0n) is 26.0. The van der Waals surface area contributed by atoms with Gasteiger partial charge in [-0.15, -0.1) is 11.8 Å². The number of benzene rings is 4. The van der Waals surface area contributed by atoms with Crippen molar-refractivity contribution in [2.75, 3.05) is 29.5 Å². The molecule has 2 saturated heterocycles. The Balaban J connectivity index is 1.29. The Labute approximate surface area is 278 Å². The summed E-state index contributed by atoms with van der Waals surface area (Å²) in [6.07, 6.45) is 8.09. The fourth-order valence-electron chi connectivity index (χ4n) is 8.24. The summed E-state index contributed by atoms with van der Waals surface area (Å²) in [7, 11) is 0. The van der Waals surface area contributed by atoms with Gasteiger partial charge in [-0.05, 0) is 47.5 Å². The smallest absolute Gasteiger partial charge is 0.251 e. The van der Waals surface area contributed by atoms with Gasteiger partial charge in [0.05, 0.1) is 29.2 Å². The molecule has 4 heterocycles. The number of aliphatic hydroxyl groups is 1. The van der Waals surface area contributed by atoms with Crippen molar-refractivity contribution in [1.29, 1.82) is 0 Å². The van der Waals surface area contributed by atoms with Gasteiger partial charge in [-0.25, -0.2) is 0 Å². The van der Waals surface area contributed by atoms with Crippen LogP contribution < -0.4 is 9.80 Å². The first-order valence-electron chi connectivity index (χ1n) is 16.1. The summed E-state index contributed by atoms with van der Waals surface area (Å²) in [5.74, 6) is -2.19. The Morgan fingerprint density at radius 3 is 2.09 bits per heavy atom. The molecule has 2 fully saturated rings. The molecule has 0 aromatic heterocycles. The lowest BCUT2D eigenvalue weighted by molar-refractivity contribution is -0.142. The Morgan fingerprint density at radius 1 is 0.723 bits per heavy atom. The van der Waals surface area contributed by atoms with E-state index in [1.165, 1.54) is 0 Å². The zero-order chi connectivity index (χ0) is 32.3. The number of fused-ring (bicyclic) bond motifs is 3. The van der Waals surface area contributed by atoms with Crippen molar-refractivity contribution in [2.45, 2.75) is 28.5 Å². The molecule has 1 N–H and O–H groups in total. The van der Waals surface area contributed by atoms with Crippen molar-refractivity contribution in [3.05, 3.63) is 133 Å². The second-order valence-electron chi connectivity index (χ2n) is 12.9. The van der Waals surface area contributed by atoms with Crippen LogP contribution in [0.5, 0.6) is 0 Å². The predicted molar refractivity (Wildman–Crippen MR) is 186 cm³/mol. The number of likely N-dealkylation sites (tertiary alicyclic amines) is 1. The van der Waals surface area contributed by atoms with Gasteiger partial charge in [-0.1, -0.05) is 103 Å². The number of thioether (sulfide) groups is 1. The van der Waals surface area contributed by atoms with E-state index in [9.17, 15) is 9.90 Å². The number of carbonyl (C=O) groups excluding carboxylic acids is 3. The molecule has 1 unspecified atom stereocenters. The minimum absolute atomic E-state index is 0.135. The Kier molecular flexibility index (Phi) is 7.11. The minimum Gasteiger partial charge on any atom is -0.394 e. The summed E-state index contributed by atoms with van der Waals surface area (Å²) in [4.78, 5) is 50.1. The Bertz CT molecular complexity index is 1950. The highest BCUT2D eigenvalue weighted by molar-refractivity contribution is 8.02.